The number of anilines is 2. The first-order chi connectivity index (χ1) is 11.2. The van der Waals surface area contributed by atoms with Crippen LogP contribution in [0.5, 0.6) is 0 Å². The molecule has 0 saturated carbocycles. The molecule has 0 bridgehead atoms. The molecule has 1 fully saturated rings. The first-order valence-electron chi connectivity index (χ1n) is 7.22. The number of nitriles is 1. The Morgan fingerprint density at radius 2 is 2.43 bits per heavy atom. The Balaban J connectivity index is 1.81. The van der Waals surface area contributed by atoms with E-state index in [-0.39, 0.29) is 23.3 Å². The average molecular weight is 309 g/mol. The van der Waals surface area contributed by atoms with Crippen molar-refractivity contribution in [1.82, 2.24) is 20.6 Å². The van der Waals surface area contributed by atoms with Crippen molar-refractivity contribution in [1.29, 1.82) is 5.26 Å². The Hall–Kier alpha value is -3.21. The maximum Gasteiger partial charge on any atom is 0.227 e. The number of nitrogens with zero attached hydrogens (tertiary/aromatic N) is 5. The molecule has 8 nitrogen and oxygen atoms in total. The summed E-state index contributed by atoms with van der Waals surface area (Å²) in [6.07, 6.45) is 2.96. The zero-order valence-corrected chi connectivity index (χ0v) is 12.5. The molecule has 0 spiro atoms. The lowest BCUT2D eigenvalue weighted by atomic mass is 10.2. The van der Waals surface area contributed by atoms with Gasteiger partial charge in [0.15, 0.2) is 0 Å². The highest BCUT2D eigenvalue weighted by molar-refractivity contribution is 5.96. The van der Waals surface area contributed by atoms with Crippen molar-refractivity contribution >= 4 is 22.9 Å². The molecule has 1 saturated heterocycles. The topological polar surface area (TPSA) is 111 Å². The lowest BCUT2D eigenvalue weighted by Gasteiger charge is -2.22. The first kappa shape index (κ1) is 14.7. The van der Waals surface area contributed by atoms with Gasteiger partial charge in [0.1, 0.15) is 11.6 Å². The van der Waals surface area contributed by atoms with E-state index in [0.717, 1.165) is 17.8 Å². The Labute approximate surface area is 132 Å². The fourth-order valence-electron chi connectivity index (χ4n) is 2.55. The third-order valence-electron chi connectivity index (χ3n) is 3.70. The summed E-state index contributed by atoms with van der Waals surface area (Å²) in [5.74, 6) is 0.356. The number of aromatic nitrogens is 4. The monoisotopic (exact) mass is 309 g/mol. The van der Waals surface area contributed by atoms with E-state index in [1.807, 2.05) is 37.3 Å². The number of nitrogens with one attached hydrogen (secondary N) is 2. The van der Waals surface area contributed by atoms with Crippen molar-refractivity contribution in [3.8, 4) is 6.07 Å². The number of benzene rings is 1. The van der Waals surface area contributed by atoms with Crippen LogP contribution in [-0.4, -0.2) is 32.6 Å². The molecular formula is C15H15N7O. The van der Waals surface area contributed by atoms with Crippen LogP contribution in [0, 0.1) is 11.3 Å². The molecule has 2 aromatic rings. The molecule has 0 radical (unpaired) electrons. The second-order valence-corrected chi connectivity index (χ2v) is 5.25. The number of hydrogen-bond acceptors (Lipinski definition) is 6. The van der Waals surface area contributed by atoms with Gasteiger partial charge in [-0.05, 0) is 36.8 Å². The molecule has 0 aliphatic carbocycles. The van der Waals surface area contributed by atoms with E-state index < -0.39 is 0 Å². The minimum absolute atomic E-state index is 0.134. The number of H-pyrrole nitrogens is 1. The molecule has 1 aliphatic heterocycles. The zero-order chi connectivity index (χ0) is 16.2. The molecule has 3 rings (SSSR count). The second kappa shape index (κ2) is 6.27. The quantitative estimate of drug-likeness (QED) is 0.831. The van der Waals surface area contributed by atoms with E-state index in [1.54, 1.807) is 4.90 Å². The number of rotatable bonds is 4. The Bertz CT molecular complexity index is 775. The van der Waals surface area contributed by atoms with Crippen molar-refractivity contribution in [2.75, 3.05) is 10.2 Å². The summed E-state index contributed by atoms with van der Waals surface area (Å²) in [7, 11) is 0. The van der Waals surface area contributed by atoms with Gasteiger partial charge in [0.2, 0.25) is 11.7 Å². The first-order valence-corrected chi connectivity index (χ1v) is 7.22. The number of tetrazole rings is 1. The molecule has 116 valence electrons. The lowest BCUT2D eigenvalue weighted by Crippen LogP contribution is -2.30. The van der Waals surface area contributed by atoms with Gasteiger partial charge in [-0.25, -0.2) is 0 Å². The zero-order valence-electron chi connectivity index (χ0n) is 12.5. The van der Waals surface area contributed by atoms with Gasteiger partial charge in [-0.15, -0.1) is 10.2 Å². The van der Waals surface area contributed by atoms with Crippen molar-refractivity contribution in [2.24, 2.45) is 0 Å². The molecule has 2 N–H and O–H groups in total. The third-order valence-corrected chi connectivity index (χ3v) is 3.70. The van der Waals surface area contributed by atoms with Crippen LogP contribution in [0.15, 0.2) is 30.5 Å². The minimum atomic E-state index is 0.134. The van der Waals surface area contributed by atoms with Gasteiger partial charge in [0.05, 0.1) is 0 Å². The smallest absolute Gasteiger partial charge is 0.227 e. The SMILES string of the molecule is CC1CCC(=O)N1c1cccc(NC=C(C#N)c2nn[nH]n2)c1. The molecule has 23 heavy (non-hydrogen) atoms. The minimum Gasteiger partial charge on any atom is -0.360 e. The summed E-state index contributed by atoms with van der Waals surface area (Å²) in [4.78, 5) is 13.8. The summed E-state index contributed by atoms with van der Waals surface area (Å²) >= 11 is 0. The molecule has 8 heteroatoms. The number of hydrogen-bond donors (Lipinski definition) is 2. The largest absolute Gasteiger partial charge is 0.360 e. The summed E-state index contributed by atoms with van der Waals surface area (Å²) in [5.41, 5.74) is 1.87. The fourth-order valence-corrected chi connectivity index (χ4v) is 2.55. The average Bonchev–Trinajstić information content (AvgIpc) is 3.19. The molecular weight excluding hydrogens is 294 g/mol. The Morgan fingerprint density at radius 1 is 1.57 bits per heavy atom. The number of allylic oxidation sites excluding steroid dienone is 1. The van der Waals surface area contributed by atoms with Crippen LogP contribution in [0.2, 0.25) is 0 Å². The molecule has 1 aromatic heterocycles. The highest BCUT2D eigenvalue weighted by Crippen LogP contribution is 2.28. The highest BCUT2D eigenvalue weighted by Gasteiger charge is 2.28. The normalized spacial score (nSPS) is 18.1. The molecule has 1 atom stereocenters. The Kier molecular flexibility index (Phi) is 4.01. The summed E-state index contributed by atoms with van der Waals surface area (Å²) in [6, 6.07) is 9.71. The van der Waals surface area contributed by atoms with Crippen LogP contribution >= 0.6 is 0 Å². The summed E-state index contributed by atoms with van der Waals surface area (Å²) in [6.45, 7) is 2.04. The predicted octanol–water partition coefficient (Wildman–Crippen LogP) is 1.69. The van der Waals surface area contributed by atoms with Gasteiger partial charge in [-0.2, -0.15) is 10.5 Å². The molecule has 2 heterocycles. The van der Waals surface area contributed by atoms with Crippen LogP contribution in [0.25, 0.3) is 5.57 Å². The van der Waals surface area contributed by atoms with E-state index in [9.17, 15) is 4.79 Å². The van der Waals surface area contributed by atoms with E-state index in [0.29, 0.717) is 6.42 Å². The van der Waals surface area contributed by atoms with E-state index >= 15 is 0 Å². The van der Waals surface area contributed by atoms with E-state index in [4.69, 9.17) is 5.26 Å². The highest BCUT2D eigenvalue weighted by atomic mass is 16.2. The fraction of sp³-hybridized carbons (Fsp3) is 0.267. The molecule has 1 aromatic carbocycles. The molecule has 1 unspecified atom stereocenters. The third kappa shape index (κ3) is 3.03. The number of amides is 1. The van der Waals surface area contributed by atoms with Gasteiger partial charge >= 0.3 is 0 Å². The van der Waals surface area contributed by atoms with Gasteiger partial charge in [-0.3, -0.25) is 4.79 Å². The van der Waals surface area contributed by atoms with Gasteiger partial charge in [-0.1, -0.05) is 6.07 Å². The maximum atomic E-state index is 12.0. The molecule has 1 amide bonds. The van der Waals surface area contributed by atoms with Gasteiger partial charge < -0.3 is 10.2 Å². The van der Waals surface area contributed by atoms with E-state index in [2.05, 4.69) is 25.9 Å². The van der Waals surface area contributed by atoms with Crippen LogP contribution in [-0.2, 0) is 4.79 Å². The van der Waals surface area contributed by atoms with E-state index in [1.165, 1.54) is 6.20 Å². The van der Waals surface area contributed by atoms with Crippen LogP contribution in [0.4, 0.5) is 11.4 Å². The molecule has 1 aliphatic rings. The van der Waals surface area contributed by atoms with Crippen LogP contribution < -0.4 is 10.2 Å². The number of aromatic amines is 1. The number of carbonyl (C=O) groups excluding carboxylic acids is 1. The second-order valence-electron chi connectivity index (χ2n) is 5.25. The van der Waals surface area contributed by atoms with Gasteiger partial charge in [0.25, 0.3) is 0 Å². The van der Waals surface area contributed by atoms with Crippen molar-refractivity contribution in [3.05, 3.63) is 36.3 Å². The van der Waals surface area contributed by atoms with Crippen LogP contribution in [0.1, 0.15) is 25.6 Å². The maximum absolute atomic E-state index is 12.0. The van der Waals surface area contributed by atoms with Crippen molar-refractivity contribution in [3.63, 3.8) is 0 Å². The van der Waals surface area contributed by atoms with Crippen molar-refractivity contribution in [2.45, 2.75) is 25.8 Å². The lowest BCUT2D eigenvalue weighted by molar-refractivity contribution is -0.117. The summed E-state index contributed by atoms with van der Waals surface area (Å²) < 4.78 is 0. The standard InChI is InChI=1S/C15H15N7O/c1-10-5-6-14(23)22(10)13-4-2-3-12(7-13)17-9-11(8-16)15-18-20-21-19-15/h2-4,7,9-10,17H,5-6H2,1H3,(H,18,19,20,21). The summed E-state index contributed by atoms with van der Waals surface area (Å²) in [5, 5.41) is 25.4. The van der Waals surface area contributed by atoms with Crippen molar-refractivity contribution < 1.29 is 4.79 Å². The van der Waals surface area contributed by atoms with Crippen LogP contribution in [0.3, 0.4) is 0 Å². The number of carbonyl (C=O) groups is 1. The Morgan fingerprint density at radius 3 is 3.09 bits per heavy atom. The predicted molar refractivity (Wildman–Crippen MR) is 84.0 cm³/mol. The van der Waals surface area contributed by atoms with Gasteiger partial charge in [0, 0.05) is 30.0 Å².